The fourth-order valence-corrected chi connectivity index (χ4v) is 3.33. The van der Waals surface area contributed by atoms with Gasteiger partial charge in [0.2, 0.25) is 5.91 Å². The Hall–Kier alpha value is -2.83. The Morgan fingerprint density at radius 1 is 1.21 bits per heavy atom. The number of carbonyl (C=O) groups excluding carboxylic acids is 1. The Morgan fingerprint density at radius 3 is 2.68 bits per heavy atom. The van der Waals surface area contributed by atoms with Crippen LogP contribution in [0.5, 0.6) is 11.6 Å². The first-order chi connectivity index (χ1) is 13.6. The molecule has 1 aliphatic heterocycles. The van der Waals surface area contributed by atoms with E-state index in [2.05, 4.69) is 9.97 Å². The summed E-state index contributed by atoms with van der Waals surface area (Å²) in [6.07, 6.45) is 6.27. The Balaban J connectivity index is 1.54. The molecule has 150 valence electrons. The van der Waals surface area contributed by atoms with Crippen LogP contribution < -0.4 is 14.4 Å². The molecule has 0 spiro atoms. The lowest BCUT2D eigenvalue weighted by Crippen LogP contribution is -2.44. The van der Waals surface area contributed by atoms with E-state index < -0.39 is 0 Å². The van der Waals surface area contributed by atoms with Gasteiger partial charge in [-0.3, -0.25) is 4.79 Å². The van der Waals surface area contributed by atoms with Gasteiger partial charge in [0.05, 0.1) is 13.7 Å². The number of nitrogens with zero attached hydrogens (tertiary/aromatic N) is 4. The molecule has 1 atom stereocenters. The average molecular weight is 384 g/mol. The van der Waals surface area contributed by atoms with Crippen LogP contribution in [0.4, 0.5) is 5.82 Å². The number of benzene rings is 1. The van der Waals surface area contributed by atoms with Crippen molar-refractivity contribution in [2.45, 2.75) is 31.8 Å². The topological polar surface area (TPSA) is 67.8 Å². The second-order valence-corrected chi connectivity index (χ2v) is 7.15. The fraction of sp³-hybridized carbons (Fsp3) is 0.476. The van der Waals surface area contributed by atoms with Gasteiger partial charge in [-0.05, 0) is 37.0 Å². The quantitative estimate of drug-likeness (QED) is 0.731. The van der Waals surface area contributed by atoms with Gasteiger partial charge in [-0.1, -0.05) is 12.1 Å². The van der Waals surface area contributed by atoms with Gasteiger partial charge in [-0.2, -0.15) is 0 Å². The molecule has 7 nitrogen and oxygen atoms in total. The standard InChI is InChI=1S/C21H28N4O3/c1-24(2)20-21(23-13-12-22-20)28-18-5-4-14-25(15-18)19(26)11-8-16-6-9-17(27-3)10-7-16/h6-7,9-10,12-13,18H,4-5,8,11,14-15H2,1-3H3. The number of aryl methyl sites for hydroxylation is 1. The number of methoxy groups -OCH3 is 1. The lowest BCUT2D eigenvalue weighted by molar-refractivity contribution is -0.133. The Kier molecular flexibility index (Phi) is 6.68. The summed E-state index contributed by atoms with van der Waals surface area (Å²) in [5, 5.41) is 0. The molecule has 0 saturated carbocycles. The van der Waals surface area contributed by atoms with Crippen LogP contribution in [0.25, 0.3) is 0 Å². The largest absolute Gasteiger partial charge is 0.497 e. The first-order valence-electron chi connectivity index (χ1n) is 9.62. The summed E-state index contributed by atoms with van der Waals surface area (Å²) in [4.78, 5) is 25.1. The number of anilines is 1. The molecule has 0 aliphatic carbocycles. The molecule has 0 N–H and O–H groups in total. The zero-order valence-electron chi connectivity index (χ0n) is 16.8. The van der Waals surface area contributed by atoms with Crippen LogP contribution in [-0.4, -0.2) is 61.2 Å². The summed E-state index contributed by atoms with van der Waals surface area (Å²) in [6.45, 7) is 1.37. The smallest absolute Gasteiger partial charge is 0.257 e. The van der Waals surface area contributed by atoms with Crippen LogP contribution in [0, 0.1) is 0 Å². The van der Waals surface area contributed by atoms with Gasteiger partial charge < -0.3 is 19.3 Å². The van der Waals surface area contributed by atoms with Crippen molar-refractivity contribution in [2.75, 3.05) is 39.2 Å². The number of carbonyl (C=O) groups is 1. The predicted molar refractivity (Wildman–Crippen MR) is 108 cm³/mol. The summed E-state index contributed by atoms with van der Waals surface area (Å²) in [5.41, 5.74) is 1.13. The average Bonchev–Trinajstić information content (AvgIpc) is 2.73. The maximum absolute atomic E-state index is 12.7. The second-order valence-electron chi connectivity index (χ2n) is 7.15. The minimum atomic E-state index is -0.0610. The third kappa shape index (κ3) is 5.12. The van der Waals surface area contributed by atoms with E-state index >= 15 is 0 Å². The van der Waals surface area contributed by atoms with Crippen LogP contribution in [0.1, 0.15) is 24.8 Å². The van der Waals surface area contributed by atoms with Crippen molar-refractivity contribution in [3.05, 3.63) is 42.2 Å². The summed E-state index contributed by atoms with van der Waals surface area (Å²) < 4.78 is 11.3. The molecule has 1 amide bonds. The highest BCUT2D eigenvalue weighted by molar-refractivity contribution is 5.76. The van der Waals surface area contributed by atoms with E-state index in [0.29, 0.717) is 24.7 Å². The van der Waals surface area contributed by atoms with E-state index in [1.807, 2.05) is 48.2 Å². The van der Waals surface area contributed by atoms with Crippen LogP contribution in [0.3, 0.4) is 0 Å². The zero-order chi connectivity index (χ0) is 19.9. The molecule has 2 heterocycles. The Labute approximate surface area is 166 Å². The van der Waals surface area contributed by atoms with E-state index in [1.165, 1.54) is 0 Å². The van der Waals surface area contributed by atoms with Crippen molar-refractivity contribution < 1.29 is 14.3 Å². The van der Waals surface area contributed by atoms with E-state index in [4.69, 9.17) is 9.47 Å². The number of hydrogen-bond acceptors (Lipinski definition) is 6. The number of aromatic nitrogens is 2. The molecule has 1 fully saturated rings. The van der Waals surface area contributed by atoms with Gasteiger partial charge in [0.25, 0.3) is 5.88 Å². The molecule has 1 saturated heterocycles. The monoisotopic (exact) mass is 384 g/mol. The van der Waals surface area contributed by atoms with Crippen LogP contribution >= 0.6 is 0 Å². The molecular formula is C21H28N4O3. The predicted octanol–water partition coefficient (Wildman–Crippen LogP) is 2.55. The minimum Gasteiger partial charge on any atom is -0.497 e. The van der Waals surface area contributed by atoms with E-state index in [1.54, 1.807) is 19.5 Å². The number of rotatable bonds is 7. The van der Waals surface area contributed by atoms with Crippen molar-refractivity contribution in [2.24, 2.45) is 0 Å². The molecule has 2 aromatic rings. The number of hydrogen-bond donors (Lipinski definition) is 0. The number of amides is 1. The minimum absolute atomic E-state index is 0.0610. The lowest BCUT2D eigenvalue weighted by atomic mass is 10.1. The molecule has 1 unspecified atom stereocenters. The molecule has 0 radical (unpaired) electrons. The van der Waals surface area contributed by atoms with Crippen molar-refractivity contribution >= 4 is 11.7 Å². The highest BCUT2D eigenvalue weighted by Gasteiger charge is 2.26. The maximum atomic E-state index is 12.7. The number of ether oxygens (including phenoxy) is 2. The SMILES string of the molecule is COc1ccc(CCC(=O)N2CCCC(Oc3nccnc3N(C)C)C2)cc1. The van der Waals surface area contributed by atoms with Gasteiger partial charge >= 0.3 is 0 Å². The lowest BCUT2D eigenvalue weighted by Gasteiger charge is -2.33. The zero-order valence-corrected chi connectivity index (χ0v) is 16.8. The van der Waals surface area contributed by atoms with Crippen LogP contribution in [-0.2, 0) is 11.2 Å². The number of likely N-dealkylation sites (tertiary alicyclic amines) is 1. The third-order valence-corrected chi connectivity index (χ3v) is 4.87. The van der Waals surface area contributed by atoms with Gasteiger partial charge in [0, 0.05) is 39.5 Å². The summed E-state index contributed by atoms with van der Waals surface area (Å²) in [5.74, 6) is 2.21. The number of piperidine rings is 1. The van der Waals surface area contributed by atoms with E-state index in [0.717, 1.165) is 37.1 Å². The van der Waals surface area contributed by atoms with E-state index in [-0.39, 0.29) is 12.0 Å². The summed E-state index contributed by atoms with van der Waals surface area (Å²) in [7, 11) is 5.47. The Bertz CT molecular complexity index is 779. The summed E-state index contributed by atoms with van der Waals surface area (Å²) in [6, 6.07) is 7.86. The highest BCUT2D eigenvalue weighted by atomic mass is 16.5. The molecule has 7 heteroatoms. The summed E-state index contributed by atoms with van der Waals surface area (Å²) >= 11 is 0. The maximum Gasteiger partial charge on any atom is 0.257 e. The van der Waals surface area contributed by atoms with Crippen molar-refractivity contribution in [1.82, 2.24) is 14.9 Å². The molecule has 1 aromatic heterocycles. The van der Waals surface area contributed by atoms with Gasteiger partial charge in [0.15, 0.2) is 5.82 Å². The first kappa shape index (κ1) is 19.9. The fourth-order valence-electron chi connectivity index (χ4n) is 3.33. The molecule has 1 aromatic carbocycles. The highest BCUT2D eigenvalue weighted by Crippen LogP contribution is 2.24. The third-order valence-electron chi connectivity index (χ3n) is 4.87. The molecule has 3 rings (SSSR count). The van der Waals surface area contributed by atoms with Crippen LogP contribution in [0.2, 0.25) is 0 Å². The van der Waals surface area contributed by atoms with Gasteiger partial charge in [-0.25, -0.2) is 9.97 Å². The first-order valence-corrected chi connectivity index (χ1v) is 9.62. The van der Waals surface area contributed by atoms with Crippen molar-refractivity contribution in [3.8, 4) is 11.6 Å². The Morgan fingerprint density at radius 2 is 1.96 bits per heavy atom. The van der Waals surface area contributed by atoms with Crippen molar-refractivity contribution in [1.29, 1.82) is 0 Å². The van der Waals surface area contributed by atoms with E-state index in [9.17, 15) is 4.79 Å². The molecule has 28 heavy (non-hydrogen) atoms. The van der Waals surface area contributed by atoms with Crippen LogP contribution in [0.15, 0.2) is 36.7 Å². The normalized spacial score (nSPS) is 16.5. The van der Waals surface area contributed by atoms with Gasteiger partial charge in [-0.15, -0.1) is 0 Å². The van der Waals surface area contributed by atoms with Crippen molar-refractivity contribution in [3.63, 3.8) is 0 Å². The molecule has 0 bridgehead atoms. The second kappa shape index (κ2) is 9.39. The van der Waals surface area contributed by atoms with Gasteiger partial charge in [0.1, 0.15) is 11.9 Å². The molecular weight excluding hydrogens is 356 g/mol. The molecule has 1 aliphatic rings.